The molecule has 0 fully saturated rings. The van der Waals surface area contributed by atoms with Crippen molar-refractivity contribution in [3.8, 4) is 11.5 Å². The first kappa shape index (κ1) is 24.8. The quantitative estimate of drug-likeness (QED) is 0.462. The molecule has 0 bridgehead atoms. The highest BCUT2D eigenvalue weighted by Gasteiger charge is 2.21. The van der Waals surface area contributed by atoms with Gasteiger partial charge in [0.15, 0.2) is 11.5 Å². The monoisotopic (exact) mass is 488 g/mol. The molecule has 33 heavy (non-hydrogen) atoms. The summed E-state index contributed by atoms with van der Waals surface area (Å²) >= 11 is 1.62. The van der Waals surface area contributed by atoms with Crippen LogP contribution in [-0.4, -0.2) is 39.9 Å². The minimum absolute atomic E-state index is 0.0592. The summed E-state index contributed by atoms with van der Waals surface area (Å²) in [6.07, 6.45) is 0. The van der Waals surface area contributed by atoms with Crippen LogP contribution in [0.15, 0.2) is 58.8 Å². The molecule has 2 aromatic carbocycles. The predicted molar refractivity (Wildman–Crippen MR) is 129 cm³/mol. The zero-order chi connectivity index (χ0) is 24.0. The number of carbonyl (C=O) groups is 1. The smallest absolute Gasteiger partial charge is 0.254 e. The molecule has 1 amide bonds. The van der Waals surface area contributed by atoms with Crippen LogP contribution in [0.1, 0.15) is 33.3 Å². The van der Waals surface area contributed by atoms with Crippen molar-refractivity contribution in [1.82, 2.24) is 9.62 Å². The van der Waals surface area contributed by atoms with Crippen LogP contribution in [0, 0.1) is 6.92 Å². The Bertz CT molecular complexity index is 1210. The average molecular weight is 489 g/mol. The molecule has 1 heterocycles. The lowest BCUT2D eigenvalue weighted by Gasteiger charge is -2.23. The van der Waals surface area contributed by atoms with Crippen LogP contribution in [0.2, 0.25) is 0 Å². The van der Waals surface area contributed by atoms with Crippen molar-refractivity contribution < 1.29 is 22.7 Å². The molecule has 0 radical (unpaired) electrons. The number of carbonyl (C=O) groups excluding carboxylic acids is 1. The maximum atomic E-state index is 13.3. The van der Waals surface area contributed by atoms with Crippen LogP contribution in [0.3, 0.4) is 0 Å². The minimum Gasteiger partial charge on any atom is -0.493 e. The number of hydrogen-bond donors (Lipinski definition) is 1. The van der Waals surface area contributed by atoms with Gasteiger partial charge in [-0.2, -0.15) is 0 Å². The highest BCUT2D eigenvalue weighted by molar-refractivity contribution is 7.89. The van der Waals surface area contributed by atoms with Crippen LogP contribution in [0.25, 0.3) is 0 Å². The molecule has 0 aliphatic rings. The van der Waals surface area contributed by atoms with Crippen molar-refractivity contribution in [3.63, 3.8) is 0 Å². The lowest BCUT2D eigenvalue weighted by Crippen LogP contribution is -2.31. The highest BCUT2D eigenvalue weighted by atomic mass is 32.2. The van der Waals surface area contributed by atoms with Crippen LogP contribution in [0.4, 0.5) is 0 Å². The summed E-state index contributed by atoms with van der Waals surface area (Å²) in [5.74, 6) is 0.982. The van der Waals surface area contributed by atoms with Crippen LogP contribution in [-0.2, 0) is 23.2 Å². The van der Waals surface area contributed by atoms with Gasteiger partial charge in [0.2, 0.25) is 10.0 Å². The van der Waals surface area contributed by atoms with Crippen molar-refractivity contribution in [2.75, 3.05) is 20.7 Å². The number of aryl methyl sites for hydroxylation is 1. The number of hydrogen-bond acceptors (Lipinski definition) is 6. The largest absolute Gasteiger partial charge is 0.493 e. The van der Waals surface area contributed by atoms with E-state index in [1.54, 1.807) is 36.3 Å². The van der Waals surface area contributed by atoms with Gasteiger partial charge in [0, 0.05) is 23.5 Å². The standard InChI is InChI=1S/C24H28N2O5S2/c1-5-26(24(27)21-14-20(10-8-17(21)2)33(28,29)25-3)15-18-9-11-22(23(13-18)30-4)31-16-19-7-6-12-32-19/h6-14,25H,5,15-16H2,1-4H3. The second-order valence-corrected chi connectivity index (χ2v) is 10.3. The first-order valence-electron chi connectivity index (χ1n) is 10.4. The third kappa shape index (κ3) is 5.93. The van der Waals surface area contributed by atoms with Crippen LogP contribution >= 0.6 is 11.3 Å². The van der Waals surface area contributed by atoms with E-state index in [0.717, 1.165) is 10.4 Å². The summed E-state index contributed by atoms with van der Waals surface area (Å²) in [6.45, 7) is 4.94. The Kier molecular flexibility index (Phi) is 8.12. The van der Waals surface area contributed by atoms with Crippen molar-refractivity contribution in [3.05, 3.63) is 75.5 Å². The fourth-order valence-corrected chi connectivity index (χ4v) is 4.68. The van der Waals surface area contributed by atoms with Gasteiger partial charge in [0.1, 0.15) is 6.61 Å². The Morgan fingerprint density at radius 1 is 1.12 bits per heavy atom. The van der Waals surface area contributed by atoms with E-state index in [1.807, 2.05) is 42.6 Å². The molecule has 3 rings (SSSR count). The molecule has 0 atom stereocenters. The maximum absolute atomic E-state index is 13.3. The van der Waals surface area contributed by atoms with E-state index in [1.165, 1.54) is 19.2 Å². The summed E-state index contributed by atoms with van der Waals surface area (Å²) in [7, 11) is -0.725. The Labute approximate surface area is 199 Å². The predicted octanol–water partition coefficient (Wildman–Crippen LogP) is 4.21. The first-order chi connectivity index (χ1) is 15.8. The van der Waals surface area contributed by atoms with Gasteiger partial charge < -0.3 is 14.4 Å². The van der Waals surface area contributed by atoms with E-state index < -0.39 is 10.0 Å². The van der Waals surface area contributed by atoms with Crippen molar-refractivity contribution in [2.24, 2.45) is 0 Å². The van der Waals surface area contributed by atoms with E-state index in [9.17, 15) is 13.2 Å². The number of ether oxygens (including phenoxy) is 2. The number of nitrogens with one attached hydrogen (secondary N) is 1. The third-order valence-corrected chi connectivity index (χ3v) is 7.50. The molecule has 1 N–H and O–H groups in total. The molecule has 0 aliphatic heterocycles. The lowest BCUT2D eigenvalue weighted by atomic mass is 10.1. The molecule has 3 aromatic rings. The number of methoxy groups -OCH3 is 1. The minimum atomic E-state index is -3.65. The van der Waals surface area contributed by atoms with E-state index in [4.69, 9.17) is 9.47 Å². The van der Waals surface area contributed by atoms with Gasteiger partial charge in [0.25, 0.3) is 5.91 Å². The molecular formula is C24H28N2O5S2. The van der Waals surface area contributed by atoms with Crippen LogP contribution < -0.4 is 14.2 Å². The molecule has 0 unspecified atom stereocenters. The van der Waals surface area contributed by atoms with Crippen molar-refractivity contribution in [1.29, 1.82) is 0 Å². The van der Waals surface area contributed by atoms with Crippen LogP contribution in [0.5, 0.6) is 11.5 Å². The zero-order valence-corrected chi connectivity index (χ0v) is 20.8. The van der Waals surface area contributed by atoms with Gasteiger partial charge in [-0.05, 0) is 67.7 Å². The maximum Gasteiger partial charge on any atom is 0.254 e. The number of thiophene rings is 1. The SMILES string of the molecule is CCN(Cc1ccc(OCc2cccs2)c(OC)c1)C(=O)c1cc(S(=O)(=O)NC)ccc1C. The normalized spacial score (nSPS) is 11.3. The second-order valence-electron chi connectivity index (χ2n) is 7.36. The number of sulfonamides is 1. The van der Waals surface area contributed by atoms with E-state index >= 15 is 0 Å². The summed E-state index contributed by atoms with van der Waals surface area (Å²) in [4.78, 5) is 16.1. The Hall–Kier alpha value is -2.88. The first-order valence-corrected chi connectivity index (χ1v) is 12.8. The van der Waals surface area contributed by atoms with E-state index in [-0.39, 0.29) is 10.8 Å². The highest BCUT2D eigenvalue weighted by Crippen LogP contribution is 2.30. The van der Waals surface area contributed by atoms with Gasteiger partial charge in [0.05, 0.1) is 12.0 Å². The molecular weight excluding hydrogens is 460 g/mol. The fourth-order valence-electron chi connectivity index (χ4n) is 3.31. The Balaban J connectivity index is 1.80. The topological polar surface area (TPSA) is 84.9 Å². The third-order valence-electron chi connectivity index (χ3n) is 5.24. The summed E-state index contributed by atoms with van der Waals surface area (Å²) in [5.41, 5.74) is 1.95. The lowest BCUT2D eigenvalue weighted by molar-refractivity contribution is 0.0751. The number of nitrogens with zero attached hydrogens (tertiary/aromatic N) is 1. The van der Waals surface area contributed by atoms with Gasteiger partial charge in [-0.3, -0.25) is 4.79 Å². The van der Waals surface area contributed by atoms with Gasteiger partial charge in [-0.25, -0.2) is 13.1 Å². The van der Waals surface area contributed by atoms with Gasteiger partial charge >= 0.3 is 0 Å². The summed E-state index contributed by atoms with van der Waals surface area (Å²) < 4.78 is 38.1. The van der Waals surface area contributed by atoms with Crippen molar-refractivity contribution in [2.45, 2.75) is 31.9 Å². The van der Waals surface area contributed by atoms with Gasteiger partial charge in [-0.15, -0.1) is 11.3 Å². The van der Waals surface area contributed by atoms with E-state index in [2.05, 4.69) is 4.72 Å². The van der Waals surface area contributed by atoms with E-state index in [0.29, 0.717) is 42.3 Å². The summed E-state index contributed by atoms with van der Waals surface area (Å²) in [5, 5.41) is 2.00. The fraction of sp³-hybridized carbons (Fsp3) is 0.292. The number of amides is 1. The Morgan fingerprint density at radius 3 is 2.55 bits per heavy atom. The molecule has 0 aliphatic carbocycles. The second kappa shape index (κ2) is 10.8. The molecule has 0 spiro atoms. The molecule has 1 aromatic heterocycles. The Morgan fingerprint density at radius 2 is 1.91 bits per heavy atom. The average Bonchev–Trinajstić information content (AvgIpc) is 3.35. The molecule has 176 valence electrons. The van der Waals surface area contributed by atoms with Crippen molar-refractivity contribution >= 4 is 27.3 Å². The number of rotatable bonds is 10. The summed E-state index contributed by atoms with van der Waals surface area (Å²) in [6, 6.07) is 14.1. The molecule has 7 nitrogen and oxygen atoms in total. The molecule has 0 saturated heterocycles. The number of benzene rings is 2. The molecule has 9 heteroatoms. The molecule has 0 saturated carbocycles. The zero-order valence-electron chi connectivity index (χ0n) is 19.1. The van der Waals surface area contributed by atoms with Gasteiger partial charge in [-0.1, -0.05) is 18.2 Å².